The zero-order chi connectivity index (χ0) is 23.5. The monoisotopic (exact) mass is 484 g/mol. The van der Waals surface area contributed by atoms with Gasteiger partial charge >= 0.3 is 0 Å². The largest absolute Gasteiger partial charge is 0.383 e. The number of benzene rings is 1. The van der Waals surface area contributed by atoms with Gasteiger partial charge in [0.2, 0.25) is 0 Å². The highest BCUT2D eigenvalue weighted by atomic mass is 32.2. The molecule has 4 rings (SSSR count). The molecular formula is C23H21FN4O3S2. The maximum absolute atomic E-state index is 13.3. The summed E-state index contributed by atoms with van der Waals surface area (Å²) < 4.78 is 20.1. The highest BCUT2D eigenvalue weighted by Gasteiger charge is 2.32. The first-order valence-corrected chi connectivity index (χ1v) is 11.4. The molecule has 170 valence electrons. The number of thioether (sulfide) groups is 1. The van der Waals surface area contributed by atoms with Gasteiger partial charge in [0.05, 0.1) is 23.6 Å². The molecule has 1 saturated heterocycles. The van der Waals surface area contributed by atoms with E-state index in [1.807, 2.05) is 13.0 Å². The van der Waals surface area contributed by atoms with Gasteiger partial charge in [-0.25, -0.2) is 9.37 Å². The van der Waals surface area contributed by atoms with Crippen molar-refractivity contribution in [1.82, 2.24) is 14.3 Å². The Labute approximate surface area is 199 Å². The summed E-state index contributed by atoms with van der Waals surface area (Å²) in [6, 6.07) is 9.54. The predicted octanol–water partition coefficient (Wildman–Crippen LogP) is 3.60. The third kappa shape index (κ3) is 4.97. The van der Waals surface area contributed by atoms with E-state index in [9.17, 15) is 14.0 Å². The molecule has 0 spiro atoms. The quantitative estimate of drug-likeness (QED) is 0.312. The van der Waals surface area contributed by atoms with Gasteiger partial charge in [0.25, 0.3) is 11.5 Å². The molecule has 1 aromatic carbocycles. The summed E-state index contributed by atoms with van der Waals surface area (Å²) >= 11 is 6.52. The fraction of sp³-hybridized carbons (Fsp3) is 0.217. The number of amides is 1. The van der Waals surface area contributed by atoms with Crippen molar-refractivity contribution in [1.29, 1.82) is 0 Å². The summed E-state index contributed by atoms with van der Waals surface area (Å²) in [6.07, 6.45) is 3.24. The number of ether oxygens (including phenoxy) is 1. The Balaban J connectivity index is 1.72. The second-order valence-electron chi connectivity index (χ2n) is 7.43. The zero-order valence-corrected chi connectivity index (χ0v) is 19.6. The second kappa shape index (κ2) is 9.82. The summed E-state index contributed by atoms with van der Waals surface area (Å²) in [5.74, 6) is -0.298. The van der Waals surface area contributed by atoms with Gasteiger partial charge in [0.1, 0.15) is 21.6 Å². The van der Waals surface area contributed by atoms with Gasteiger partial charge in [-0.15, -0.1) is 0 Å². The van der Waals surface area contributed by atoms with Gasteiger partial charge in [-0.1, -0.05) is 42.2 Å². The molecule has 2 aromatic heterocycles. The lowest BCUT2D eigenvalue weighted by Crippen LogP contribution is -2.27. The van der Waals surface area contributed by atoms with E-state index in [1.165, 1.54) is 27.5 Å². The summed E-state index contributed by atoms with van der Waals surface area (Å²) in [7, 11) is 1.58. The SMILES string of the molecule is COCCNc1nc2ccc(C)cn2c(=O)c1C=C1SC(=S)N(Cc2ccc(F)cc2)C1=O. The highest BCUT2D eigenvalue weighted by Crippen LogP contribution is 2.34. The number of nitrogens with one attached hydrogen (secondary N) is 1. The lowest BCUT2D eigenvalue weighted by molar-refractivity contribution is -0.122. The number of aryl methyl sites for hydroxylation is 1. The number of rotatable bonds is 7. The second-order valence-corrected chi connectivity index (χ2v) is 9.10. The van der Waals surface area contributed by atoms with Crippen molar-refractivity contribution in [2.24, 2.45) is 0 Å². The van der Waals surface area contributed by atoms with Gasteiger partial charge < -0.3 is 10.1 Å². The first-order valence-electron chi connectivity index (χ1n) is 10.1. The van der Waals surface area contributed by atoms with Gasteiger partial charge in [-0.05, 0) is 42.3 Å². The number of thiocarbonyl (C=S) groups is 1. The molecule has 0 atom stereocenters. The van der Waals surface area contributed by atoms with Crippen molar-refractivity contribution >= 4 is 51.7 Å². The molecule has 3 aromatic rings. The summed E-state index contributed by atoms with van der Waals surface area (Å²) in [6.45, 7) is 2.97. The fourth-order valence-corrected chi connectivity index (χ4v) is 4.57. The van der Waals surface area contributed by atoms with E-state index in [4.69, 9.17) is 17.0 Å². The molecule has 1 N–H and O–H groups in total. The standard InChI is InChI=1S/C23H21FN4O3S2/c1-14-3-8-19-26-20(25-9-10-31-2)17(21(29)27(19)12-14)11-18-22(30)28(23(32)33-18)13-15-4-6-16(24)7-5-15/h3-8,11-12,25H,9-10,13H2,1-2H3. The van der Waals surface area contributed by atoms with Gasteiger partial charge in [0.15, 0.2) is 0 Å². The van der Waals surface area contributed by atoms with Crippen LogP contribution in [0.1, 0.15) is 16.7 Å². The van der Waals surface area contributed by atoms with Crippen molar-refractivity contribution < 1.29 is 13.9 Å². The molecule has 1 amide bonds. The minimum atomic E-state index is -0.350. The summed E-state index contributed by atoms with van der Waals surface area (Å²) in [5.41, 5.74) is 2.11. The number of halogens is 1. The number of pyridine rings is 1. The van der Waals surface area contributed by atoms with E-state index in [0.717, 1.165) is 22.9 Å². The van der Waals surface area contributed by atoms with Crippen LogP contribution in [0.4, 0.5) is 10.2 Å². The summed E-state index contributed by atoms with van der Waals surface area (Å²) in [5, 5.41) is 3.12. The van der Waals surface area contributed by atoms with Gasteiger partial charge in [0, 0.05) is 19.9 Å². The zero-order valence-electron chi connectivity index (χ0n) is 18.0. The van der Waals surface area contributed by atoms with Crippen LogP contribution in [0.3, 0.4) is 0 Å². The normalized spacial score (nSPS) is 15.1. The van der Waals surface area contributed by atoms with Crippen LogP contribution in [0.15, 0.2) is 52.3 Å². The molecule has 33 heavy (non-hydrogen) atoms. The van der Waals surface area contributed by atoms with Crippen LogP contribution in [-0.4, -0.2) is 44.8 Å². The molecular weight excluding hydrogens is 463 g/mol. The molecule has 1 fully saturated rings. The Hall–Kier alpha value is -3.08. The lowest BCUT2D eigenvalue weighted by Gasteiger charge is -2.14. The van der Waals surface area contributed by atoms with E-state index in [0.29, 0.717) is 33.8 Å². The Morgan fingerprint density at radius 3 is 2.70 bits per heavy atom. The van der Waals surface area contributed by atoms with Crippen LogP contribution < -0.4 is 10.9 Å². The Bertz CT molecular complexity index is 1320. The van der Waals surface area contributed by atoms with Crippen LogP contribution in [0.25, 0.3) is 11.7 Å². The number of carbonyl (C=O) groups is 1. The van der Waals surface area contributed by atoms with E-state index in [2.05, 4.69) is 10.3 Å². The van der Waals surface area contributed by atoms with E-state index >= 15 is 0 Å². The average molecular weight is 485 g/mol. The van der Waals surface area contributed by atoms with Crippen molar-refractivity contribution in [3.63, 3.8) is 0 Å². The number of aromatic nitrogens is 2. The maximum atomic E-state index is 13.3. The van der Waals surface area contributed by atoms with E-state index in [1.54, 1.807) is 31.5 Å². The highest BCUT2D eigenvalue weighted by molar-refractivity contribution is 8.26. The maximum Gasteiger partial charge on any atom is 0.267 e. The molecule has 0 aliphatic carbocycles. The van der Waals surface area contributed by atoms with E-state index < -0.39 is 0 Å². The minimum absolute atomic E-state index is 0.218. The predicted molar refractivity (Wildman–Crippen MR) is 132 cm³/mol. The van der Waals surface area contributed by atoms with Crippen molar-refractivity contribution in [3.05, 3.63) is 80.4 Å². The van der Waals surface area contributed by atoms with Crippen LogP contribution in [0.2, 0.25) is 0 Å². The molecule has 3 heterocycles. The number of fused-ring (bicyclic) bond motifs is 1. The molecule has 1 aliphatic heterocycles. The first-order chi connectivity index (χ1) is 15.9. The molecule has 0 saturated carbocycles. The van der Waals surface area contributed by atoms with Gasteiger partial charge in [-0.2, -0.15) is 0 Å². The Morgan fingerprint density at radius 1 is 1.21 bits per heavy atom. The number of hydrogen-bond acceptors (Lipinski definition) is 7. The van der Waals surface area contributed by atoms with Crippen LogP contribution in [0.5, 0.6) is 0 Å². The molecule has 0 unspecified atom stereocenters. The smallest absolute Gasteiger partial charge is 0.267 e. The molecule has 1 aliphatic rings. The average Bonchev–Trinajstić information content (AvgIpc) is 3.05. The summed E-state index contributed by atoms with van der Waals surface area (Å²) in [4.78, 5) is 32.8. The Kier molecular flexibility index (Phi) is 6.87. The topological polar surface area (TPSA) is 75.9 Å². The number of anilines is 1. The molecule has 0 radical (unpaired) electrons. The molecule has 10 heteroatoms. The van der Waals surface area contributed by atoms with Gasteiger partial charge in [-0.3, -0.25) is 18.9 Å². The number of methoxy groups -OCH3 is 1. The van der Waals surface area contributed by atoms with Crippen molar-refractivity contribution in [2.45, 2.75) is 13.5 Å². The number of nitrogens with zero attached hydrogens (tertiary/aromatic N) is 3. The van der Waals surface area contributed by atoms with Crippen molar-refractivity contribution in [3.8, 4) is 0 Å². The van der Waals surface area contributed by atoms with Crippen molar-refractivity contribution in [2.75, 3.05) is 25.6 Å². The molecule has 0 bridgehead atoms. The number of carbonyl (C=O) groups excluding carboxylic acids is 1. The minimum Gasteiger partial charge on any atom is -0.383 e. The molecule has 7 nitrogen and oxygen atoms in total. The number of hydrogen-bond donors (Lipinski definition) is 1. The first kappa shape index (κ1) is 23.1. The lowest BCUT2D eigenvalue weighted by atomic mass is 10.2. The Morgan fingerprint density at radius 2 is 1.97 bits per heavy atom. The van der Waals surface area contributed by atoms with E-state index in [-0.39, 0.29) is 29.4 Å². The van der Waals surface area contributed by atoms with Crippen LogP contribution in [0, 0.1) is 12.7 Å². The van der Waals surface area contributed by atoms with Crippen LogP contribution >= 0.6 is 24.0 Å². The van der Waals surface area contributed by atoms with Crippen LogP contribution in [-0.2, 0) is 16.1 Å². The fourth-order valence-electron chi connectivity index (χ4n) is 3.33. The third-order valence-corrected chi connectivity index (χ3v) is 6.38. The third-order valence-electron chi connectivity index (χ3n) is 5.01.